The molecule has 2 amide bonds. The predicted octanol–water partition coefficient (Wildman–Crippen LogP) is 1.67. The number of rotatable bonds is 5. The maximum absolute atomic E-state index is 12.6. The van der Waals surface area contributed by atoms with Gasteiger partial charge in [0.2, 0.25) is 0 Å². The summed E-state index contributed by atoms with van der Waals surface area (Å²) in [6.07, 6.45) is 1.87. The molecule has 0 spiro atoms. The summed E-state index contributed by atoms with van der Waals surface area (Å²) < 4.78 is 10.9. The van der Waals surface area contributed by atoms with Gasteiger partial charge in [-0.05, 0) is 31.0 Å². The van der Waals surface area contributed by atoms with Crippen molar-refractivity contribution in [3.63, 3.8) is 0 Å². The van der Waals surface area contributed by atoms with Crippen LogP contribution < -0.4 is 4.74 Å². The number of aromatic amines is 1. The fraction of sp³-hybridized carbons (Fsp3) is 0.476. The van der Waals surface area contributed by atoms with E-state index in [2.05, 4.69) is 10.2 Å². The third-order valence-corrected chi connectivity index (χ3v) is 5.43. The van der Waals surface area contributed by atoms with E-state index in [4.69, 9.17) is 9.47 Å². The standard InChI is InChI=1S/C21H26N4O4/c26-20(15-29-17-6-2-1-3-7-17)25-8-4-5-16(14-25)18-13-19(23-22-18)21(27)24-9-11-28-12-10-24/h1-3,6-7,13,16H,4-5,8-12,14-15H2,(H,22,23)/t16-/m0/s1. The average Bonchev–Trinajstić information content (AvgIpc) is 3.29. The van der Waals surface area contributed by atoms with Crippen LogP contribution in [0.4, 0.5) is 0 Å². The number of piperidine rings is 1. The van der Waals surface area contributed by atoms with Crippen molar-refractivity contribution in [1.82, 2.24) is 20.0 Å². The van der Waals surface area contributed by atoms with Crippen molar-refractivity contribution in [2.45, 2.75) is 18.8 Å². The zero-order chi connectivity index (χ0) is 20.1. The molecule has 1 aromatic carbocycles. The van der Waals surface area contributed by atoms with Crippen LogP contribution in [0.3, 0.4) is 0 Å². The monoisotopic (exact) mass is 398 g/mol. The van der Waals surface area contributed by atoms with Crippen molar-refractivity contribution < 1.29 is 19.1 Å². The van der Waals surface area contributed by atoms with E-state index < -0.39 is 0 Å². The molecule has 2 aliphatic heterocycles. The van der Waals surface area contributed by atoms with Crippen LogP contribution in [-0.2, 0) is 9.53 Å². The number of hydrogen-bond donors (Lipinski definition) is 1. The average molecular weight is 398 g/mol. The fourth-order valence-corrected chi connectivity index (χ4v) is 3.79. The normalized spacial score (nSPS) is 19.8. The fourth-order valence-electron chi connectivity index (χ4n) is 3.79. The lowest BCUT2D eigenvalue weighted by atomic mass is 9.94. The minimum Gasteiger partial charge on any atom is -0.484 e. The first-order chi connectivity index (χ1) is 14.2. The van der Waals surface area contributed by atoms with Crippen LogP contribution >= 0.6 is 0 Å². The quantitative estimate of drug-likeness (QED) is 0.828. The highest BCUT2D eigenvalue weighted by molar-refractivity contribution is 5.92. The molecular formula is C21H26N4O4. The van der Waals surface area contributed by atoms with Gasteiger partial charge < -0.3 is 19.3 Å². The molecule has 0 aliphatic carbocycles. The number of likely N-dealkylation sites (tertiary alicyclic amines) is 1. The zero-order valence-corrected chi connectivity index (χ0v) is 16.4. The van der Waals surface area contributed by atoms with Gasteiger partial charge >= 0.3 is 0 Å². The number of para-hydroxylation sites is 1. The van der Waals surface area contributed by atoms with Crippen LogP contribution in [0.25, 0.3) is 0 Å². The van der Waals surface area contributed by atoms with Gasteiger partial charge in [0.05, 0.1) is 13.2 Å². The molecule has 8 heteroatoms. The van der Waals surface area contributed by atoms with E-state index in [0.29, 0.717) is 44.3 Å². The Hall–Kier alpha value is -2.87. The molecule has 1 atom stereocenters. The number of morpholine rings is 1. The van der Waals surface area contributed by atoms with Crippen LogP contribution in [-0.4, -0.2) is 77.8 Å². The Morgan fingerprint density at radius 3 is 2.72 bits per heavy atom. The van der Waals surface area contributed by atoms with Crippen molar-refractivity contribution in [2.75, 3.05) is 46.0 Å². The number of benzene rings is 1. The number of H-pyrrole nitrogens is 1. The van der Waals surface area contributed by atoms with Crippen LogP contribution in [0.15, 0.2) is 36.4 Å². The van der Waals surface area contributed by atoms with E-state index >= 15 is 0 Å². The summed E-state index contributed by atoms with van der Waals surface area (Å²) in [6.45, 7) is 3.66. The molecule has 1 aromatic heterocycles. The lowest BCUT2D eigenvalue weighted by Gasteiger charge is -2.32. The summed E-state index contributed by atoms with van der Waals surface area (Å²) in [4.78, 5) is 28.8. The zero-order valence-electron chi connectivity index (χ0n) is 16.4. The molecule has 3 heterocycles. The molecule has 29 heavy (non-hydrogen) atoms. The predicted molar refractivity (Wildman–Crippen MR) is 106 cm³/mol. The van der Waals surface area contributed by atoms with Gasteiger partial charge in [0.25, 0.3) is 11.8 Å². The minimum absolute atomic E-state index is 0.0253. The van der Waals surface area contributed by atoms with Gasteiger partial charge in [-0.2, -0.15) is 5.10 Å². The molecular weight excluding hydrogens is 372 g/mol. The lowest BCUT2D eigenvalue weighted by molar-refractivity contribution is -0.134. The second-order valence-corrected chi connectivity index (χ2v) is 7.39. The molecule has 2 aromatic rings. The molecule has 0 bridgehead atoms. The molecule has 2 fully saturated rings. The first-order valence-corrected chi connectivity index (χ1v) is 10.1. The van der Waals surface area contributed by atoms with E-state index in [1.807, 2.05) is 41.3 Å². The number of nitrogens with zero attached hydrogens (tertiary/aromatic N) is 3. The number of aromatic nitrogens is 2. The Kier molecular flexibility index (Phi) is 6.09. The molecule has 1 N–H and O–H groups in total. The molecule has 4 rings (SSSR count). The van der Waals surface area contributed by atoms with Gasteiger partial charge in [0.1, 0.15) is 11.4 Å². The third kappa shape index (κ3) is 4.76. The maximum atomic E-state index is 12.6. The number of carbonyl (C=O) groups is 2. The summed E-state index contributed by atoms with van der Waals surface area (Å²) >= 11 is 0. The van der Waals surface area contributed by atoms with Crippen molar-refractivity contribution in [1.29, 1.82) is 0 Å². The van der Waals surface area contributed by atoms with E-state index in [-0.39, 0.29) is 24.3 Å². The first-order valence-electron chi connectivity index (χ1n) is 10.1. The van der Waals surface area contributed by atoms with E-state index in [0.717, 1.165) is 25.1 Å². The van der Waals surface area contributed by atoms with Crippen LogP contribution in [0.2, 0.25) is 0 Å². The Labute approximate surface area is 169 Å². The summed E-state index contributed by atoms with van der Waals surface area (Å²) in [5.74, 6) is 0.732. The summed E-state index contributed by atoms with van der Waals surface area (Å²) in [7, 11) is 0. The van der Waals surface area contributed by atoms with Gasteiger partial charge in [0, 0.05) is 37.8 Å². The second kappa shape index (κ2) is 9.09. The Bertz CT molecular complexity index is 832. The number of hydrogen-bond acceptors (Lipinski definition) is 5. The molecule has 0 radical (unpaired) electrons. The van der Waals surface area contributed by atoms with Crippen LogP contribution in [0, 0.1) is 0 Å². The lowest BCUT2D eigenvalue weighted by Crippen LogP contribution is -2.41. The van der Waals surface area contributed by atoms with Crippen LogP contribution in [0.5, 0.6) is 5.75 Å². The number of carbonyl (C=O) groups excluding carboxylic acids is 2. The summed E-state index contributed by atoms with van der Waals surface area (Å²) in [5, 5.41) is 7.24. The van der Waals surface area contributed by atoms with E-state index in [1.54, 1.807) is 4.90 Å². The first kappa shape index (κ1) is 19.4. The van der Waals surface area contributed by atoms with Crippen molar-refractivity contribution in [2.24, 2.45) is 0 Å². The van der Waals surface area contributed by atoms with Gasteiger partial charge in [0.15, 0.2) is 6.61 Å². The second-order valence-electron chi connectivity index (χ2n) is 7.39. The van der Waals surface area contributed by atoms with Gasteiger partial charge in [-0.3, -0.25) is 14.7 Å². The molecule has 0 unspecified atom stereocenters. The minimum atomic E-state index is -0.0733. The van der Waals surface area contributed by atoms with Crippen molar-refractivity contribution in [3.8, 4) is 5.75 Å². The van der Waals surface area contributed by atoms with Crippen molar-refractivity contribution in [3.05, 3.63) is 47.8 Å². The Morgan fingerprint density at radius 1 is 1.14 bits per heavy atom. The summed E-state index contributed by atoms with van der Waals surface area (Å²) in [6, 6.07) is 11.2. The molecule has 154 valence electrons. The van der Waals surface area contributed by atoms with E-state index in [9.17, 15) is 9.59 Å². The van der Waals surface area contributed by atoms with Gasteiger partial charge in [-0.25, -0.2) is 0 Å². The molecule has 2 aliphatic rings. The SMILES string of the molecule is O=C(COc1ccccc1)N1CCC[C@H](c2cc(C(=O)N3CCOCC3)n[nH]2)C1. The highest BCUT2D eigenvalue weighted by atomic mass is 16.5. The van der Waals surface area contributed by atoms with Crippen LogP contribution in [0.1, 0.15) is 34.9 Å². The Balaban J connectivity index is 1.34. The highest BCUT2D eigenvalue weighted by Gasteiger charge is 2.28. The maximum Gasteiger partial charge on any atom is 0.274 e. The smallest absolute Gasteiger partial charge is 0.274 e. The molecule has 8 nitrogen and oxygen atoms in total. The summed E-state index contributed by atoms with van der Waals surface area (Å²) in [5.41, 5.74) is 1.33. The third-order valence-electron chi connectivity index (χ3n) is 5.43. The largest absolute Gasteiger partial charge is 0.484 e. The number of nitrogens with one attached hydrogen (secondary N) is 1. The van der Waals surface area contributed by atoms with E-state index in [1.165, 1.54) is 0 Å². The molecule has 0 saturated carbocycles. The Morgan fingerprint density at radius 2 is 1.93 bits per heavy atom. The highest BCUT2D eigenvalue weighted by Crippen LogP contribution is 2.26. The van der Waals surface area contributed by atoms with Gasteiger partial charge in [-0.1, -0.05) is 18.2 Å². The molecule has 2 saturated heterocycles. The number of ether oxygens (including phenoxy) is 2. The van der Waals surface area contributed by atoms with Gasteiger partial charge in [-0.15, -0.1) is 0 Å². The topological polar surface area (TPSA) is 87.8 Å². The number of amides is 2. The van der Waals surface area contributed by atoms with Crippen molar-refractivity contribution >= 4 is 11.8 Å².